The highest BCUT2D eigenvalue weighted by Gasteiger charge is 2.35. The monoisotopic (exact) mass is 268 g/mol. The number of benzene rings is 1. The van der Waals surface area contributed by atoms with E-state index in [-0.39, 0.29) is 17.2 Å². The lowest BCUT2D eigenvalue weighted by atomic mass is 9.95. The molecule has 0 spiro atoms. The smallest absolute Gasteiger partial charge is 0.419 e. The highest BCUT2D eigenvalue weighted by Crippen LogP contribution is 2.35. The average molecular weight is 269 g/mol. The van der Waals surface area contributed by atoms with Crippen LogP contribution in [0.5, 0.6) is 5.75 Å². The van der Waals surface area contributed by atoms with Gasteiger partial charge in [0.2, 0.25) is 0 Å². The molecule has 0 unspecified atom stereocenters. The molecule has 17 heavy (non-hydrogen) atoms. The molecule has 1 aliphatic rings. The van der Waals surface area contributed by atoms with Gasteiger partial charge in [-0.05, 0) is 18.2 Å². The molecule has 94 valence electrons. The molecule has 6 heteroatoms. The Balaban J connectivity index is 2.14. The Labute approximate surface area is 100 Å². The second-order valence-electron chi connectivity index (χ2n) is 3.95. The van der Waals surface area contributed by atoms with Crippen LogP contribution in [0.15, 0.2) is 18.2 Å². The van der Waals surface area contributed by atoms with Crippen molar-refractivity contribution in [3.05, 3.63) is 29.6 Å². The molecule has 1 nitrogen and oxygen atoms in total. The Bertz CT molecular complexity index is 412. The van der Waals surface area contributed by atoms with Crippen molar-refractivity contribution < 1.29 is 22.3 Å². The minimum Gasteiger partial charge on any atom is -0.490 e. The molecule has 0 bridgehead atoms. The summed E-state index contributed by atoms with van der Waals surface area (Å²) in [6.45, 7) is 0. The molecule has 1 saturated carbocycles. The Hall–Kier alpha value is -0.970. The van der Waals surface area contributed by atoms with Crippen molar-refractivity contribution >= 4 is 11.6 Å². The molecular formula is C11H9ClF4O. The average Bonchev–Trinajstić information content (AvgIpc) is 2.16. The zero-order chi connectivity index (χ0) is 12.6. The lowest BCUT2D eigenvalue weighted by Gasteiger charge is -2.31. The van der Waals surface area contributed by atoms with E-state index < -0.39 is 17.6 Å². The first kappa shape index (κ1) is 12.5. The van der Waals surface area contributed by atoms with Crippen molar-refractivity contribution in [2.75, 3.05) is 0 Å². The quantitative estimate of drug-likeness (QED) is 0.582. The Morgan fingerprint density at radius 3 is 2.41 bits per heavy atom. The van der Waals surface area contributed by atoms with Crippen LogP contribution in [-0.2, 0) is 6.18 Å². The summed E-state index contributed by atoms with van der Waals surface area (Å²) in [5.74, 6) is -1.28. The van der Waals surface area contributed by atoms with Gasteiger partial charge in [-0.1, -0.05) is 0 Å². The first-order valence-electron chi connectivity index (χ1n) is 5.04. The molecular weight excluding hydrogens is 260 g/mol. The molecule has 0 radical (unpaired) electrons. The van der Waals surface area contributed by atoms with Crippen LogP contribution in [0, 0.1) is 5.82 Å². The van der Waals surface area contributed by atoms with Gasteiger partial charge in [0.1, 0.15) is 17.7 Å². The summed E-state index contributed by atoms with van der Waals surface area (Å²) < 4.78 is 55.4. The van der Waals surface area contributed by atoms with Crippen LogP contribution < -0.4 is 4.74 Å². The fraction of sp³-hybridized carbons (Fsp3) is 0.455. The maximum absolute atomic E-state index is 13.0. The van der Waals surface area contributed by atoms with Crippen molar-refractivity contribution in [1.82, 2.24) is 0 Å². The summed E-state index contributed by atoms with van der Waals surface area (Å²) in [6.07, 6.45) is -3.69. The lowest BCUT2D eigenvalue weighted by Crippen LogP contribution is -2.34. The van der Waals surface area contributed by atoms with Gasteiger partial charge in [-0.3, -0.25) is 0 Å². The van der Waals surface area contributed by atoms with E-state index >= 15 is 0 Å². The number of rotatable bonds is 2. The molecule has 1 fully saturated rings. The second-order valence-corrected chi connectivity index (χ2v) is 4.57. The van der Waals surface area contributed by atoms with Gasteiger partial charge >= 0.3 is 6.18 Å². The van der Waals surface area contributed by atoms with E-state index in [4.69, 9.17) is 16.3 Å². The van der Waals surface area contributed by atoms with Gasteiger partial charge in [0.25, 0.3) is 0 Å². The standard InChI is InChI=1S/C11H9ClF4O/c12-6-3-8(4-6)17-7-1-2-10(13)9(5-7)11(14,15)16/h1-2,5-6,8H,3-4H2. The van der Waals surface area contributed by atoms with Crippen molar-refractivity contribution in [3.8, 4) is 5.75 Å². The predicted octanol–water partition coefficient (Wildman–Crippen LogP) is 3.99. The zero-order valence-corrected chi connectivity index (χ0v) is 9.35. The van der Waals surface area contributed by atoms with Gasteiger partial charge < -0.3 is 4.74 Å². The van der Waals surface area contributed by atoms with E-state index in [9.17, 15) is 17.6 Å². The summed E-state index contributed by atoms with van der Waals surface area (Å²) in [5.41, 5.74) is -1.31. The second kappa shape index (κ2) is 4.37. The first-order chi connectivity index (χ1) is 7.86. The Morgan fingerprint density at radius 1 is 1.24 bits per heavy atom. The van der Waals surface area contributed by atoms with Crippen molar-refractivity contribution in [3.63, 3.8) is 0 Å². The van der Waals surface area contributed by atoms with Gasteiger partial charge in [-0.2, -0.15) is 13.2 Å². The van der Waals surface area contributed by atoms with Crippen LogP contribution in [0.4, 0.5) is 17.6 Å². The topological polar surface area (TPSA) is 9.23 Å². The highest BCUT2D eigenvalue weighted by atomic mass is 35.5. The molecule has 1 aromatic carbocycles. The SMILES string of the molecule is Fc1ccc(OC2CC(Cl)C2)cc1C(F)(F)F. The van der Waals surface area contributed by atoms with Crippen LogP contribution >= 0.6 is 11.6 Å². The summed E-state index contributed by atoms with van der Waals surface area (Å²) >= 11 is 5.72. The summed E-state index contributed by atoms with van der Waals surface area (Å²) in [5, 5.41) is 0.0162. The van der Waals surface area contributed by atoms with Crippen LogP contribution in [0.3, 0.4) is 0 Å². The summed E-state index contributed by atoms with van der Waals surface area (Å²) in [7, 11) is 0. The third kappa shape index (κ3) is 2.83. The minimum atomic E-state index is -4.71. The van der Waals surface area contributed by atoms with Crippen molar-refractivity contribution in [1.29, 1.82) is 0 Å². The maximum Gasteiger partial charge on any atom is 0.419 e. The fourth-order valence-electron chi connectivity index (χ4n) is 1.59. The molecule has 1 aromatic rings. The predicted molar refractivity (Wildman–Crippen MR) is 54.7 cm³/mol. The van der Waals surface area contributed by atoms with E-state index in [0.29, 0.717) is 18.9 Å². The van der Waals surface area contributed by atoms with E-state index in [2.05, 4.69) is 0 Å². The van der Waals surface area contributed by atoms with Crippen LogP contribution in [0.2, 0.25) is 0 Å². The zero-order valence-electron chi connectivity index (χ0n) is 8.60. The highest BCUT2D eigenvalue weighted by molar-refractivity contribution is 6.21. The number of hydrogen-bond acceptors (Lipinski definition) is 1. The van der Waals surface area contributed by atoms with Gasteiger partial charge in [0.05, 0.1) is 5.56 Å². The summed E-state index contributed by atoms with van der Waals surface area (Å²) in [4.78, 5) is 0. The lowest BCUT2D eigenvalue weighted by molar-refractivity contribution is -0.140. The molecule has 0 aliphatic heterocycles. The van der Waals surface area contributed by atoms with Crippen molar-refractivity contribution in [2.45, 2.75) is 30.5 Å². The molecule has 0 saturated heterocycles. The molecule has 0 N–H and O–H groups in total. The number of ether oxygens (including phenoxy) is 1. The van der Waals surface area contributed by atoms with E-state index in [1.807, 2.05) is 0 Å². The van der Waals surface area contributed by atoms with E-state index in [0.717, 1.165) is 6.07 Å². The molecule has 0 atom stereocenters. The third-order valence-corrected chi connectivity index (χ3v) is 2.94. The minimum absolute atomic E-state index is 0.0162. The maximum atomic E-state index is 13.0. The molecule has 0 amide bonds. The number of halogens is 5. The molecule has 2 rings (SSSR count). The van der Waals surface area contributed by atoms with Crippen LogP contribution in [-0.4, -0.2) is 11.5 Å². The fourth-order valence-corrected chi connectivity index (χ4v) is 1.98. The van der Waals surface area contributed by atoms with Crippen molar-refractivity contribution in [2.24, 2.45) is 0 Å². The summed E-state index contributed by atoms with van der Waals surface area (Å²) in [6, 6.07) is 2.62. The van der Waals surface area contributed by atoms with Gasteiger partial charge in [-0.15, -0.1) is 11.6 Å². The largest absolute Gasteiger partial charge is 0.490 e. The van der Waals surface area contributed by atoms with Crippen LogP contribution in [0.1, 0.15) is 18.4 Å². The van der Waals surface area contributed by atoms with Crippen LogP contribution in [0.25, 0.3) is 0 Å². The normalized spacial score (nSPS) is 24.3. The van der Waals surface area contributed by atoms with Gasteiger partial charge in [0, 0.05) is 18.2 Å². The van der Waals surface area contributed by atoms with E-state index in [1.54, 1.807) is 0 Å². The molecule has 0 heterocycles. The molecule has 1 aliphatic carbocycles. The van der Waals surface area contributed by atoms with E-state index in [1.165, 1.54) is 6.07 Å². The van der Waals surface area contributed by atoms with Gasteiger partial charge in [0.15, 0.2) is 0 Å². The number of hydrogen-bond donors (Lipinski definition) is 0. The Morgan fingerprint density at radius 2 is 1.88 bits per heavy atom. The van der Waals surface area contributed by atoms with Gasteiger partial charge in [-0.25, -0.2) is 4.39 Å². The number of alkyl halides is 4. The third-order valence-electron chi connectivity index (χ3n) is 2.58. The Kier molecular flexibility index (Phi) is 3.21. The molecule has 0 aromatic heterocycles. The first-order valence-corrected chi connectivity index (χ1v) is 5.47.